The van der Waals surface area contributed by atoms with Crippen LogP contribution in [0.1, 0.15) is 30.8 Å². The van der Waals surface area contributed by atoms with Gasteiger partial charge in [-0.25, -0.2) is 4.39 Å². The fourth-order valence-electron chi connectivity index (χ4n) is 2.36. The van der Waals surface area contributed by atoms with Crippen LogP contribution in [0.4, 0.5) is 10.1 Å². The summed E-state index contributed by atoms with van der Waals surface area (Å²) in [6, 6.07) is 8.54. The molecule has 1 aliphatic rings. The van der Waals surface area contributed by atoms with Crippen LogP contribution in [-0.2, 0) is 11.8 Å². The zero-order valence-electron chi connectivity index (χ0n) is 11.1. The van der Waals surface area contributed by atoms with Gasteiger partial charge in [-0.1, -0.05) is 26.0 Å². The Morgan fingerprint density at radius 3 is 2.68 bits per heavy atom. The van der Waals surface area contributed by atoms with Crippen LogP contribution in [0.25, 0.3) is 0 Å². The van der Waals surface area contributed by atoms with Crippen LogP contribution in [0.15, 0.2) is 30.3 Å². The first-order valence-corrected chi connectivity index (χ1v) is 6.40. The van der Waals surface area contributed by atoms with Gasteiger partial charge in [0.2, 0.25) is 0 Å². The van der Waals surface area contributed by atoms with Gasteiger partial charge in [0.15, 0.2) is 0 Å². The average molecular weight is 257 g/mol. The average Bonchev–Trinajstić information content (AvgIpc) is 2.68. The van der Waals surface area contributed by atoms with Crippen molar-refractivity contribution in [3.8, 4) is 0 Å². The van der Waals surface area contributed by atoms with Crippen LogP contribution in [0.3, 0.4) is 0 Å². The lowest BCUT2D eigenvalue weighted by molar-refractivity contribution is 0.559. The Hall–Kier alpha value is -1.97. The lowest BCUT2D eigenvalue weighted by Crippen LogP contribution is -2.20. The van der Waals surface area contributed by atoms with Crippen LogP contribution in [-0.4, -0.2) is 16.7 Å². The van der Waals surface area contributed by atoms with Gasteiger partial charge in [-0.3, -0.25) is 0 Å². The van der Waals surface area contributed by atoms with Crippen molar-refractivity contribution in [2.45, 2.75) is 25.7 Å². The van der Waals surface area contributed by atoms with Crippen molar-refractivity contribution in [1.82, 2.24) is 10.2 Å². The first-order valence-electron chi connectivity index (χ1n) is 6.40. The van der Waals surface area contributed by atoms with Gasteiger partial charge in [0, 0.05) is 18.4 Å². The first kappa shape index (κ1) is 12.1. The number of benzene rings is 1. The van der Waals surface area contributed by atoms with Gasteiger partial charge in [0.05, 0.1) is 17.1 Å². The van der Waals surface area contributed by atoms with Crippen LogP contribution in [0.2, 0.25) is 0 Å². The molecule has 4 heteroatoms. The Labute approximate surface area is 111 Å². The van der Waals surface area contributed by atoms with E-state index in [1.807, 2.05) is 6.07 Å². The smallest absolute Gasteiger partial charge is 0.123 e. The minimum atomic E-state index is -0.216. The van der Waals surface area contributed by atoms with Gasteiger partial charge in [-0.15, -0.1) is 0 Å². The molecule has 2 heterocycles. The lowest BCUT2D eigenvalue weighted by atomic mass is 9.91. The number of hydrogen-bond acceptors (Lipinski definition) is 3. The molecule has 0 atom stereocenters. The first-order chi connectivity index (χ1) is 9.04. The van der Waals surface area contributed by atoms with Crippen molar-refractivity contribution >= 4 is 5.69 Å². The molecule has 98 valence electrons. The fraction of sp³-hybridized carbons (Fsp3) is 0.333. The second-order valence-electron chi connectivity index (χ2n) is 5.64. The third kappa shape index (κ3) is 2.30. The molecule has 2 aromatic rings. The molecule has 0 amide bonds. The SMILES string of the molecule is CC1(C)CNc2cc(Cc3ccc(F)cc3)nnc21. The maximum atomic E-state index is 12.9. The van der Waals surface area contributed by atoms with E-state index in [1.54, 1.807) is 12.1 Å². The van der Waals surface area contributed by atoms with Crippen molar-refractivity contribution < 1.29 is 4.39 Å². The predicted octanol–water partition coefficient (Wildman–Crippen LogP) is 2.91. The molecule has 0 fully saturated rings. The maximum absolute atomic E-state index is 12.9. The molecule has 3 nitrogen and oxygen atoms in total. The van der Waals surface area contributed by atoms with Gasteiger partial charge in [0.1, 0.15) is 5.82 Å². The van der Waals surface area contributed by atoms with E-state index < -0.39 is 0 Å². The number of rotatable bonds is 2. The van der Waals surface area contributed by atoms with Crippen LogP contribution >= 0.6 is 0 Å². The van der Waals surface area contributed by atoms with E-state index >= 15 is 0 Å². The van der Waals surface area contributed by atoms with Crippen molar-refractivity contribution in [2.75, 3.05) is 11.9 Å². The topological polar surface area (TPSA) is 37.8 Å². The molecule has 0 radical (unpaired) electrons. The van der Waals surface area contributed by atoms with Gasteiger partial charge in [-0.2, -0.15) is 10.2 Å². The van der Waals surface area contributed by atoms with Crippen molar-refractivity contribution in [2.24, 2.45) is 0 Å². The predicted molar refractivity (Wildman–Crippen MR) is 72.8 cm³/mol. The summed E-state index contributed by atoms with van der Waals surface area (Å²) in [5.74, 6) is -0.216. The lowest BCUT2D eigenvalue weighted by Gasteiger charge is -2.14. The largest absolute Gasteiger partial charge is 0.383 e. The molecule has 19 heavy (non-hydrogen) atoms. The minimum absolute atomic E-state index is 0.0384. The van der Waals surface area contributed by atoms with Crippen molar-refractivity contribution in [3.63, 3.8) is 0 Å². The highest BCUT2D eigenvalue weighted by Gasteiger charge is 2.31. The van der Waals surface area contributed by atoms with E-state index in [-0.39, 0.29) is 11.2 Å². The molecular formula is C15H16FN3. The number of halogens is 1. The van der Waals surface area contributed by atoms with E-state index in [1.165, 1.54) is 12.1 Å². The zero-order valence-corrected chi connectivity index (χ0v) is 11.1. The molecule has 3 rings (SSSR count). The number of fused-ring (bicyclic) bond motifs is 1. The third-order valence-electron chi connectivity index (χ3n) is 3.50. The molecule has 0 spiro atoms. The monoisotopic (exact) mass is 257 g/mol. The molecule has 0 saturated carbocycles. The van der Waals surface area contributed by atoms with Crippen molar-refractivity contribution in [1.29, 1.82) is 0 Å². The zero-order chi connectivity index (χ0) is 13.5. The van der Waals surface area contributed by atoms with Crippen LogP contribution < -0.4 is 5.32 Å². The molecule has 1 aliphatic heterocycles. The van der Waals surface area contributed by atoms with E-state index in [0.717, 1.165) is 29.2 Å². The molecule has 1 N–H and O–H groups in total. The Kier molecular flexibility index (Phi) is 2.73. The quantitative estimate of drug-likeness (QED) is 0.899. The second-order valence-corrected chi connectivity index (χ2v) is 5.64. The Balaban J connectivity index is 1.86. The van der Waals surface area contributed by atoms with Gasteiger partial charge in [0.25, 0.3) is 0 Å². The summed E-state index contributed by atoms with van der Waals surface area (Å²) in [6.45, 7) is 5.19. The molecule has 0 saturated heterocycles. The van der Waals surface area contributed by atoms with Gasteiger partial charge < -0.3 is 5.32 Å². The number of aromatic nitrogens is 2. The number of nitrogens with one attached hydrogen (secondary N) is 1. The molecular weight excluding hydrogens is 241 g/mol. The third-order valence-corrected chi connectivity index (χ3v) is 3.50. The summed E-state index contributed by atoms with van der Waals surface area (Å²) >= 11 is 0. The summed E-state index contributed by atoms with van der Waals surface area (Å²) in [4.78, 5) is 0. The van der Waals surface area contributed by atoms with Crippen LogP contribution in [0, 0.1) is 5.82 Å². The normalized spacial score (nSPS) is 15.9. The van der Waals surface area contributed by atoms with E-state index in [2.05, 4.69) is 29.4 Å². The Bertz CT molecular complexity index is 605. The highest BCUT2D eigenvalue weighted by atomic mass is 19.1. The second kappa shape index (κ2) is 4.30. The molecule has 0 unspecified atom stereocenters. The minimum Gasteiger partial charge on any atom is -0.383 e. The highest BCUT2D eigenvalue weighted by molar-refractivity contribution is 5.56. The summed E-state index contributed by atoms with van der Waals surface area (Å²) in [5.41, 5.74) is 4.06. The number of hydrogen-bond donors (Lipinski definition) is 1. The number of nitrogens with zero attached hydrogens (tertiary/aromatic N) is 2. The van der Waals surface area contributed by atoms with Crippen molar-refractivity contribution in [3.05, 3.63) is 53.1 Å². The summed E-state index contributed by atoms with van der Waals surface area (Å²) in [5, 5.41) is 12.0. The molecule has 0 aliphatic carbocycles. The molecule has 0 bridgehead atoms. The molecule has 1 aromatic carbocycles. The van der Waals surface area contributed by atoms with Crippen LogP contribution in [0.5, 0.6) is 0 Å². The summed E-state index contributed by atoms with van der Waals surface area (Å²) in [6.07, 6.45) is 0.669. The van der Waals surface area contributed by atoms with Gasteiger partial charge >= 0.3 is 0 Å². The van der Waals surface area contributed by atoms with E-state index in [0.29, 0.717) is 6.42 Å². The van der Waals surface area contributed by atoms with Gasteiger partial charge in [-0.05, 0) is 23.8 Å². The summed E-state index contributed by atoms with van der Waals surface area (Å²) < 4.78 is 12.9. The van der Waals surface area contributed by atoms with E-state index in [9.17, 15) is 4.39 Å². The summed E-state index contributed by atoms with van der Waals surface area (Å²) in [7, 11) is 0. The fourth-order valence-corrected chi connectivity index (χ4v) is 2.36. The maximum Gasteiger partial charge on any atom is 0.123 e. The Morgan fingerprint density at radius 1 is 1.21 bits per heavy atom. The highest BCUT2D eigenvalue weighted by Crippen LogP contribution is 2.34. The number of anilines is 1. The standard InChI is InChI=1S/C15H16FN3/c1-15(2)9-17-13-8-12(18-19-14(13)15)7-10-3-5-11(16)6-4-10/h3-6,8,17H,7,9H2,1-2H3. The van der Waals surface area contributed by atoms with E-state index in [4.69, 9.17) is 0 Å². The molecule has 1 aromatic heterocycles. The Morgan fingerprint density at radius 2 is 1.95 bits per heavy atom.